The maximum absolute atomic E-state index is 12.3. The summed E-state index contributed by atoms with van der Waals surface area (Å²) in [4.78, 5) is 16.1. The Labute approximate surface area is 138 Å². The molecule has 11 heteroatoms. The number of hydrogen-bond donors (Lipinski definition) is 0. The third kappa shape index (κ3) is 3.82. The van der Waals surface area contributed by atoms with E-state index in [0.717, 1.165) is 12.1 Å². The Hall–Kier alpha value is -3.24. The van der Waals surface area contributed by atoms with Crippen molar-refractivity contribution in [1.82, 2.24) is 29.8 Å². The normalized spacial score (nSPS) is 12.8. The molecule has 1 atom stereocenters. The molecule has 0 aliphatic rings. The second kappa shape index (κ2) is 6.34. The van der Waals surface area contributed by atoms with Gasteiger partial charge in [-0.1, -0.05) is 5.21 Å². The SMILES string of the molecule is C[C@@H](C(=O)c1cn(-c2ccc(OC(F)(F)F)cc2)nn1)n1cncn1. The smallest absolute Gasteiger partial charge is 0.406 e. The number of nitrogens with zero attached hydrogens (tertiary/aromatic N) is 6. The Bertz CT molecular complexity index is 858. The van der Waals surface area contributed by atoms with E-state index >= 15 is 0 Å². The Morgan fingerprint density at radius 1 is 1.24 bits per heavy atom. The molecule has 0 bridgehead atoms. The Morgan fingerprint density at radius 2 is 1.96 bits per heavy atom. The number of halogens is 3. The number of carbonyl (C=O) groups is 1. The molecule has 0 amide bonds. The van der Waals surface area contributed by atoms with Crippen molar-refractivity contribution >= 4 is 5.78 Å². The van der Waals surface area contributed by atoms with Crippen LogP contribution < -0.4 is 4.74 Å². The summed E-state index contributed by atoms with van der Waals surface area (Å²) in [5.74, 6) is -0.679. The van der Waals surface area contributed by atoms with Crippen molar-refractivity contribution < 1.29 is 22.7 Å². The lowest BCUT2D eigenvalue weighted by Crippen LogP contribution is -2.17. The van der Waals surface area contributed by atoms with Crippen molar-refractivity contribution in [3.05, 3.63) is 48.8 Å². The third-order valence-electron chi connectivity index (χ3n) is 3.29. The van der Waals surface area contributed by atoms with Crippen LogP contribution in [0, 0.1) is 0 Å². The highest BCUT2D eigenvalue weighted by Crippen LogP contribution is 2.23. The molecule has 3 aromatic rings. The van der Waals surface area contributed by atoms with Gasteiger partial charge in [-0.15, -0.1) is 18.3 Å². The average molecular weight is 352 g/mol. The van der Waals surface area contributed by atoms with Crippen molar-refractivity contribution in [1.29, 1.82) is 0 Å². The summed E-state index contributed by atoms with van der Waals surface area (Å²) in [6, 6.07) is 4.40. The van der Waals surface area contributed by atoms with Gasteiger partial charge < -0.3 is 4.74 Å². The number of rotatable bonds is 5. The van der Waals surface area contributed by atoms with E-state index in [1.54, 1.807) is 6.92 Å². The second-order valence-electron chi connectivity index (χ2n) is 5.01. The van der Waals surface area contributed by atoms with Crippen LogP contribution in [0.3, 0.4) is 0 Å². The molecule has 0 saturated carbocycles. The van der Waals surface area contributed by atoms with Crippen LogP contribution in [0.2, 0.25) is 0 Å². The molecule has 3 rings (SSSR count). The van der Waals surface area contributed by atoms with E-state index in [2.05, 4.69) is 25.1 Å². The summed E-state index contributed by atoms with van der Waals surface area (Å²) >= 11 is 0. The van der Waals surface area contributed by atoms with Gasteiger partial charge in [-0.2, -0.15) is 5.10 Å². The minimum absolute atomic E-state index is 0.0959. The van der Waals surface area contributed by atoms with Gasteiger partial charge in [0.25, 0.3) is 0 Å². The minimum Gasteiger partial charge on any atom is -0.406 e. The molecule has 130 valence electrons. The fourth-order valence-electron chi connectivity index (χ4n) is 2.05. The van der Waals surface area contributed by atoms with Crippen LogP contribution in [0.5, 0.6) is 5.75 Å². The molecule has 2 aromatic heterocycles. The summed E-state index contributed by atoms with van der Waals surface area (Å²) in [6.07, 6.45) is -0.654. The Balaban J connectivity index is 1.76. The van der Waals surface area contributed by atoms with Crippen LogP contribution in [-0.4, -0.2) is 41.9 Å². The second-order valence-corrected chi connectivity index (χ2v) is 5.01. The summed E-state index contributed by atoms with van der Waals surface area (Å²) < 4.78 is 42.9. The molecule has 0 aliphatic heterocycles. The average Bonchev–Trinajstić information content (AvgIpc) is 3.24. The molecule has 1 aromatic carbocycles. The van der Waals surface area contributed by atoms with E-state index in [9.17, 15) is 18.0 Å². The monoisotopic (exact) mass is 352 g/mol. The van der Waals surface area contributed by atoms with E-state index in [0.29, 0.717) is 5.69 Å². The lowest BCUT2D eigenvalue weighted by molar-refractivity contribution is -0.274. The molecule has 8 nitrogen and oxygen atoms in total. The van der Waals surface area contributed by atoms with E-state index < -0.39 is 12.4 Å². The molecule has 0 aliphatic carbocycles. The van der Waals surface area contributed by atoms with Gasteiger partial charge in [0.15, 0.2) is 5.69 Å². The summed E-state index contributed by atoms with van der Waals surface area (Å²) in [5, 5.41) is 11.5. The minimum atomic E-state index is -4.76. The fourth-order valence-corrected chi connectivity index (χ4v) is 2.05. The maximum atomic E-state index is 12.3. The zero-order valence-electron chi connectivity index (χ0n) is 12.8. The molecule has 0 fully saturated rings. The van der Waals surface area contributed by atoms with Crippen molar-refractivity contribution in [3.8, 4) is 11.4 Å². The zero-order chi connectivity index (χ0) is 18.0. The molecule has 0 unspecified atom stereocenters. The van der Waals surface area contributed by atoms with Crippen molar-refractivity contribution in [2.45, 2.75) is 19.3 Å². The molecule has 0 spiro atoms. The van der Waals surface area contributed by atoms with E-state index in [1.807, 2.05) is 0 Å². The van der Waals surface area contributed by atoms with Gasteiger partial charge in [-0.05, 0) is 31.2 Å². The molecule has 25 heavy (non-hydrogen) atoms. The van der Waals surface area contributed by atoms with Gasteiger partial charge in [0.1, 0.15) is 24.4 Å². The first-order valence-electron chi connectivity index (χ1n) is 7.00. The van der Waals surface area contributed by atoms with Crippen molar-refractivity contribution in [2.75, 3.05) is 0 Å². The van der Waals surface area contributed by atoms with E-state index in [4.69, 9.17) is 0 Å². The first-order valence-corrected chi connectivity index (χ1v) is 7.00. The highest BCUT2D eigenvalue weighted by molar-refractivity contribution is 5.96. The molecular formula is C14H11F3N6O2. The predicted octanol–water partition coefficient (Wildman–Crippen LogP) is 2.20. The van der Waals surface area contributed by atoms with Gasteiger partial charge in [0.05, 0.1) is 11.9 Å². The van der Waals surface area contributed by atoms with E-state index in [-0.39, 0.29) is 17.2 Å². The van der Waals surface area contributed by atoms with Crippen LogP contribution in [0.4, 0.5) is 13.2 Å². The van der Waals surface area contributed by atoms with Crippen LogP contribution in [0.1, 0.15) is 23.5 Å². The third-order valence-corrected chi connectivity index (χ3v) is 3.29. The molecule has 0 radical (unpaired) electrons. The van der Waals surface area contributed by atoms with Gasteiger partial charge in [-0.25, -0.2) is 14.3 Å². The lowest BCUT2D eigenvalue weighted by Gasteiger charge is -2.09. The first-order chi connectivity index (χ1) is 11.8. The fraction of sp³-hybridized carbons (Fsp3) is 0.214. The molecule has 2 heterocycles. The Kier molecular flexibility index (Phi) is 4.21. The van der Waals surface area contributed by atoms with Crippen LogP contribution >= 0.6 is 0 Å². The number of aromatic nitrogens is 6. The van der Waals surface area contributed by atoms with Gasteiger partial charge >= 0.3 is 6.36 Å². The number of benzene rings is 1. The van der Waals surface area contributed by atoms with Gasteiger partial charge in [0.2, 0.25) is 5.78 Å². The summed E-state index contributed by atoms with van der Waals surface area (Å²) in [6.45, 7) is 1.64. The number of ketones is 1. The maximum Gasteiger partial charge on any atom is 0.573 e. The number of alkyl halides is 3. The van der Waals surface area contributed by atoms with Gasteiger partial charge in [-0.3, -0.25) is 4.79 Å². The number of ether oxygens (including phenoxy) is 1. The topological polar surface area (TPSA) is 87.7 Å². The number of hydrogen-bond acceptors (Lipinski definition) is 6. The zero-order valence-corrected chi connectivity index (χ0v) is 12.8. The highest BCUT2D eigenvalue weighted by Gasteiger charge is 2.31. The number of carbonyl (C=O) groups excluding carboxylic acids is 1. The summed E-state index contributed by atoms with van der Waals surface area (Å²) in [5.41, 5.74) is 0.521. The van der Waals surface area contributed by atoms with Gasteiger partial charge in [0, 0.05) is 0 Å². The highest BCUT2D eigenvalue weighted by atomic mass is 19.4. The predicted molar refractivity (Wildman–Crippen MR) is 77.1 cm³/mol. The van der Waals surface area contributed by atoms with Crippen molar-refractivity contribution in [3.63, 3.8) is 0 Å². The van der Waals surface area contributed by atoms with E-state index in [1.165, 1.54) is 40.3 Å². The molecule has 0 N–H and O–H groups in total. The first kappa shape index (κ1) is 16.6. The molecule has 0 saturated heterocycles. The van der Waals surface area contributed by atoms with Crippen molar-refractivity contribution in [2.24, 2.45) is 0 Å². The largest absolute Gasteiger partial charge is 0.573 e. The van der Waals surface area contributed by atoms with Crippen LogP contribution in [0.15, 0.2) is 43.1 Å². The standard InChI is InChI=1S/C14H11F3N6O2/c1-9(23-8-18-7-19-23)13(24)12-6-22(21-20-12)10-2-4-11(5-3-10)25-14(15,16)17/h2-9H,1H3/t9-/m0/s1. The lowest BCUT2D eigenvalue weighted by atomic mass is 10.2. The van der Waals surface area contributed by atoms with Crippen LogP contribution in [-0.2, 0) is 0 Å². The molecular weight excluding hydrogens is 341 g/mol. The summed E-state index contributed by atoms with van der Waals surface area (Å²) in [7, 11) is 0. The quantitative estimate of drug-likeness (QED) is 0.654. The van der Waals surface area contributed by atoms with Crippen LogP contribution in [0.25, 0.3) is 5.69 Å². The number of Topliss-reactive ketones (excluding diaryl/α,β-unsaturated/α-hetero) is 1. The Morgan fingerprint density at radius 3 is 2.56 bits per heavy atom.